The number of rotatable bonds is 6. The number of pyridine rings is 1. The molecule has 2 N–H and O–H groups in total. The highest BCUT2D eigenvalue weighted by Gasteiger charge is 2.13. The summed E-state index contributed by atoms with van der Waals surface area (Å²) in [6.07, 6.45) is 1.93. The van der Waals surface area contributed by atoms with Crippen LogP contribution in [0.3, 0.4) is 0 Å². The Morgan fingerprint density at radius 3 is 2.69 bits per heavy atom. The molecule has 29 heavy (non-hydrogen) atoms. The molecule has 1 aromatic carbocycles. The average molecular weight is 391 g/mol. The van der Waals surface area contributed by atoms with E-state index in [0.29, 0.717) is 35.2 Å². The van der Waals surface area contributed by atoms with Crippen LogP contribution >= 0.6 is 0 Å². The first-order valence-electron chi connectivity index (χ1n) is 9.04. The SMILES string of the molecule is Cc1ccc(NC(=O)CCNc2ccc3nnc(-c4ccccc4F)n3n2)nc1. The summed E-state index contributed by atoms with van der Waals surface area (Å²) in [5.74, 6) is 0.787. The number of fused-ring (bicyclic) bond motifs is 1. The van der Waals surface area contributed by atoms with E-state index in [1.807, 2.05) is 13.0 Å². The van der Waals surface area contributed by atoms with Gasteiger partial charge in [-0.15, -0.1) is 15.3 Å². The molecule has 3 heterocycles. The van der Waals surface area contributed by atoms with Crippen molar-refractivity contribution in [3.8, 4) is 11.4 Å². The molecule has 1 amide bonds. The third-order valence-electron chi connectivity index (χ3n) is 4.21. The summed E-state index contributed by atoms with van der Waals surface area (Å²) in [6, 6.07) is 13.4. The van der Waals surface area contributed by atoms with Crippen LogP contribution in [0, 0.1) is 12.7 Å². The van der Waals surface area contributed by atoms with E-state index in [4.69, 9.17) is 0 Å². The highest BCUT2D eigenvalue weighted by molar-refractivity contribution is 5.90. The van der Waals surface area contributed by atoms with Crippen molar-refractivity contribution in [1.29, 1.82) is 0 Å². The lowest BCUT2D eigenvalue weighted by molar-refractivity contribution is -0.116. The minimum Gasteiger partial charge on any atom is -0.368 e. The predicted octanol–water partition coefficient (Wildman–Crippen LogP) is 3.07. The Bertz CT molecular complexity index is 1160. The Morgan fingerprint density at radius 1 is 1.07 bits per heavy atom. The monoisotopic (exact) mass is 391 g/mol. The summed E-state index contributed by atoms with van der Waals surface area (Å²) in [4.78, 5) is 16.2. The molecule has 0 spiro atoms. The zero-order chi connectivity index (χ0) is 20.2. The molecule has 0 aliphatic rings. The second-order valence-electron chi connectivity index (χ2n) is 6.44. The van der Waals surface area contributed by atoms with Gasteiger partial charge in [0.15, 0.2) is 11.5 Å². The Kier molecular flexibility index (Phi) is 5.10. The van der Waals surface area contributed by atoms with Crippen molar-refractivity contribution in [2.24, 2.45) is 0 Å². The van der Waals surface area contributed by atoms with Gasteiger partial charge in [0.2, 0.25) is 5.91 Å². The number of amides is 1. The van der Waals surface area contributed by atoms with Crippen LogP contribution in [0.1, 0.15) is 12.0 Å². The van der Waals surface area contributed by atoms with Crippen molar-refractivity contribution < 1.29 is 9.18 Å². The molecule has 4 rings (SSSR count). The predicted molar refractivity (Wildman–Crippen MR) is 107 cm³/mol. The topological polar surface area (TPSA) is 97.1 Å². The van der Waals surface area contributed by atoms with Crippen LogP contribution in [0.5, 0.6) is 0 Å². The minimum atomic E-state index is -0.400. The summed E-state index contributed by atoms with van der Waals surface area (Å²) < 4.78 is 15.6. The van der Waals surface area contributed by atoms with Gasteiger partial charge in [0.1, 0.15) is 17.5 Å². The van der Waals surface area contributed by atoms with Crippen LogP contribution in [0.25, 0.3) is 17.0 Å². The maximum absolute atomic E-state index is 14.1. The first kappa shape index (κ1) is 18.5. The number of nitrogens with zero attached hydrogens (tertiary/aromatic N) is 5. The molecule has 4 aromatic rings. The normalized spacial score (nSPS) is 10.8. The van der Waals surface area contributed by atoms with Crippen molar-refractivity contribution in [2.45, 2.75) is 13.3 Å². The molecule has 0 aliphatic carbocycles. The van der Waals surface area contributed by atoms with Gasteiger partial charge in [-0.2, -0.15) is 4.52 Å². The van der Waals surface area contributed by atoms with Gasteiger partial charge in [0, 0.05) is 19.2 Å². The highest BCUT2D eigenvalue weighted by Crippen LogP contribution is 2.21. The molecule has 0 saturated heterocycles. The molecule has 9 heteroatoms. The number of hydrogen-bond donors (Lipinski definition) is 2. The quantitative estimate of drug-likeness (QED) is 0.524. The van der Waals surface area contributed by atoms with Crippen LogP contribution in [-0.4, -0.2) is 37.2 Å². The van der Waals surface area contributed by atoms with Crippen LogP contribution in [0.2, 0.25) is 0 Å². The fourth-order valence-corrected chi connectivity index (χ4v) is 2.74. The number of nitrogens with one attached hydrogen (secondary N) is 2. The Labute approximate surface area is 165 Å². The molecule has 146 valence electrons. The molecule has 8 nitrogen and oxygen atoms in total. The zero-order valence-electron chi connectivity index (χ0n) is 15.6. The molecule has 0 atom stereocenters. The summed E-state index contributed by atoms with van der Waals surface area (Å²) in [5.41, 5.74) is 1.83. The number of carbonyl (C=O) groups excluding carboxylic acids is 1. The molecule has 0 radical (unpaired) electrons. The summed E-state index contributed by atoms with van der Waals surface area (Å²) in [6.45, 7) is 2.30. The minimum absolute atomic E-state index is 0.161. The second kappa shape index (κ2) is 8.01. The summed E-state index contributed by atoms with van der Waals surface area (Å²) >= 11 is 0. The van der Waals surface area contributed by atoms with Gasteiger partial charge in [-0.3, -0.25) is 4.79 Å². The molecule has 0 saturated carbocycles. The number of anilines is 2. The van der Waals surface area contributed by atoms with E-state index < -0.39 is 5.82 Å². The number of aromatic nitrogens is 5. The maximum Gasteiger partial charge on any atom is 0.227 e. The van der Waals surface area contributed by atoms with Crippen LogP contribution < -0.4 is 10.6 Å². The van der Waals surface area contributed by atoms with Gasteiger partial charge >= 0.3 is 0 Å². The van der Waals surface area contributed by atoms with Gasteiger partial charge in [0.25, 0.3) is 0 Å². The van der Waals surface area contributed by atoms with E-state index in [0.717, 1.165) is 5.56 Å². The van der Waals surface area contributed by atoms with Crippen molar-refractivity contribution in [3.05, 3.63) is 66.1 Å². The van der Waals surface area contributed by atoms with E-state index in [1.54, 1.807) is 42.6 Å². The van der Waals surface area contributed by atoms with Crippen molar-refractivity contribution in [2.75, 3.05) is 17.2 Å². The third kappa shape index (κ3) is 4.18. The maximum atomic E-state index is 14.1. The largest absolute Gasteiger partial charge is 0.368 e. The number of halogens is 1. The molecule has 3 aromatic heterocycles. The lowest BCUT2D eigenvalue weighted by Crippen LogP contribution is -2.17. The third-order valence-corrected chi connectivity index (χ3v) is 4.21. The standard InChI is InChI=1S/C20H18FN7O/c1-13-6-7-16(23-12-13)24-19(29)10-11-22-17-8-9-18-25-26-20(28(18)27-17)14-4-2-3-5-15(14)21/h2-9,12H,10-11H2,1H3,(H,22,27)(H,23,24,29). The Hall–Kier alpha value is -3.88. The Morgan fingerprint density at radius 2 is 1.90 bits per heavy atom. The highest BCUT2D eigenvalue weighted by atomic mass is 19.1. The first-order valence-corrected chi connectivity index (χ1v) is 9.04. The molecular formula is C20H18FN7O. The van der Waals surface area contributed by atoms with Crippen LogP contribution in [0.15, 0.2) is 54.7 Å². The van der Waals surface area contributed by atoms with E-state index in [2.05, 4.69) is 30.9 Å². The zero-order valence-corrected chi connectivity index (χ0v) is 15.6. The van der Waals surface area contributed by atoms with Crippen molar-refractivity contribution in [1.82, 2.24) is 24.8 Å². The molecule has 0 unspecified atom stereocenters. The number of aryl methyl sites for hydroxylation is 1. The molecule has 0 bridgehead atoms. The van der Waals surface area contributed by atoms with Gasteiger partial charge in [-0.1, -0.05) is 18.2 Å². The number of hydrogen-bond acceptors (Lipinski definition) is 6. The van der Waals surface area contributed by atoms with Crippen LogP contribution in [0.4, 0.5) is 16.0 Å². The van der Waals surface area contributed by atoms with E-state index in [1.165, 1.54) is 10.6 Å². The number of benzene rings is 1. The first-order chi connectivity index (χ1) is 14.1. The fraction of sp³-hybridized carbons (Fsp3) is 0.150. The summed E-state index contributed by atoms with van der Waals surface area (Å²) in [5, 5.41) is 18.3. The smallest absolute Gasteiger partial charge is 0.227 e. The van der Waals surface area contributed by atoms with E-state index in [9.17, 15) is 9.18 Å². The molecular weight excluding hydrogens is 373 g/mol. The lowest BCUT2D eigenvalue weighted by atomic mass is 10.2. The molecule has 0 aliphatic heterocycles. The summed E-state index contributed by atoms with van der Waals surface area (Å²) in [7, 11) is 0. The van der Waals surface area contributed by atoms with E-state index >= 15 is 0 Å². The lowest BCUT2D eigenvalue weighted by Gasteiger charge is -2.07. The van der Waals surface area contributed by atoms with Crippen LogP contribution in [-0.2, 0) is 4.79 Å². The second-order valence-corrected chi connectivity index (χ2v) is 6.44. The average Bonchev–Trinajstić information content (AvgIpc) is 3.13. The van der Waals surface area contributed by atoms with E-state index in [-0.39, 0.29) is 12.3 Å². The van der Waals surface area contributed by atoms with Gasteiger partial charge in [-0.25, -0.2) is 9.37 Å². The fourth-order valence-electron chi connectivity index (χ4n) is 2.74. The van der Waals surface area contributed by atoms with Gasteiger partial charge in [0.05, 0.1) is 5.56 Å². The number of carbonyl (C=O) groups is 1. The van der Waals surface area contributed by atoms with Crippen molar-refractivity contribution in [3.63, 3.8) is 0 Å². The van der Waals surface area contributed by atoms with Gasteiger partial charge < -0.3 is 10.6 Å². The van der Waals surface area contributed by atoms with Gasteiger partial charge in [-0.05, 0) is 42.8 Å². The molecule has 0 fully saturated rings. The Balaban J connectivity index is 1.42. The van der Waals surface area contributed by atoms with Crippen molar-refractivity contribution >= 4 is 23.2 Å².